The molecule has 0 aliphatic heterocycles. The molecule has 0 aliphatic carbocycles. The molecule has 0 saturated carbocycles. The zero-order chi connectivity index (χ0) is 16.0. The molecular weight excluding hydrogens is 299 g/mol. The third-order valence-corrected chi connectivity index (χ3v) is 3.39. The first-order valence-electron chi connectivity index (χ1n) is 6.17. The summed E-state index contributed by atoms with van der Waals surface area (Å²) in [5.41, 5.74) is 0.103. The lowest BCUT2D eigenvalue weighted by Gasteiger charge is -2.11. The lowest BCUT2D eigenvalue weighted by Crippen LogP contribution is -2.32. The van der Waals surface area contributed by atoms with E-state index in [2.05, 4.69) is 9.44 Å². The zero-order valence-electron chi connectivity index (χ0n) is 11.6. The highest BCUT2D eigenvalue weighted by Gasteiger charge is 2.11. The maximum atomic E-state index is 13.7. The van der Waals surface area contributed by atoms with Gasteiger partial charge in [0, 0.05) is 18.2 Å². The molecular formula is C13H17FN2O4S. The first-order valence-corrected chi connectivity index (χ1v) is 7.66. The summed E-state index contributed by atoms with van der Waals surface area (Å²) in [7, 11) is -3.76. The Balaban J connectivity index is 2.82. The van der Waals surface area contributed by atoms with Crippen LogP contribution >= 0.6 is 0 Å². The van der Waals surface area contributed by atoms with Crippen molar-refractivity contribution in [3.05, 3.63) is 35.7 Å². The molecule has 0 amide bonds. The molecule has 8 heteroatoms. The number of halogens is 1. The monoisotopic (exact) mass is 316 g/mol. The number of hydrogen-bond acceptors (Lipinski definition) is 3. The number of carboxylic acids is 1. The van der Waals surface area contributed by atoms with Crippen molar-refractivity contribution in [2.24, 2.45) is 5.92 Å². The van der Waals surface area contributed by atoms with Gasteiger partial charge >= 0.3 is 5.97 Å². The van der Waals surface area contributed by atoms with Gasteiger partial charge in [-0.05, 0) is 30.2 Å². The summed E-state index contributed by atoms with van der Waals surface area (Å²) in [5, 5.41) is 8.47. The fraction of sp³-hybridized carbons (Fsp3) is 0.308. The predicted octanol–water partition coefficient (Wildman–Crippen LogP) is 1.83. The molecule has 0 fully saturated rings. The average Bonchev–Trinajstić information content (AvgIpc) is 2.35. The quantitative estimate of drug-likeness (QED) is 0.669. The first-order chi connectivity index (χ1) is 9.69. The van der Waals surface area contributed by atoms with Gasteiger partial charge in [0.2, 0.25) is 0 Å². The predicted molar refractivity (Wildman–Crippen MR) is 78.5 cm³/mol. The van der Waals surface area contributed by atoms with E-state index < -0.39 is 22.0 Å². The third-order valence-electron chi connectivity index (χ3n) is 2.34. The molecule has 0 radical (unpaired) electrons. The molecule has 0 spiro atoms. The molecule has 0 unspecified atom stereocenters. The highest BCUT2D eigenvalue weighted by Crippen LogP contribution is 2.16. The van der Waals surface area contributed by atoms with Crippen LogP contribution in [0, 0.1) is 11.7 Å². The van der Waals surface area contributed by atoms with Crippen LogP contribution in [0.15, 0.2) is 24.3 Å². The van der Waals surface area contributed by atoms with Gasteiger partial charge < -0.3 is 5.11 Å². The van der Waals surface area contributed by atoms with E-state index in [1.807, 2.05) is 13.8 Å². The van der Waals surface area contributed by atoms with Gasteiger partial charge in [0.1, 0.15) is 5.82 Å². The number of benzene rings is 1. The Morgan fingerprint density at radius 1 is 1.43 bits per heavy atom. The topological polar surface area (TPSA) is 95.5 Å². The van der Waals surface area contributed by atoms with Crippen LogP contribution < -0.4 is 9.44 Å². The largest absolute Gasteiger partial charge is 0.478 e. The Morgan fingerprint density at radius 3 is 2.62 bits per heavy atom. The van der Waals surface area contributed by atoms with E-state index >= 15 is 0 Å². The van der Waals surface area contributed by atoms with E-state index in [0.717, 1.165) is 18.2 Å². The van der Waals surface area contributed by atoms with Crippen molar-refractivity contribution in [2.45, 2.75) is 13.8 Å². The molecule has 0 saturated heterocycles. The van der Waals surface area contributed by atoms with Crippen molar-refractivity contribution in [1.29, 1.82) is 0 Å². The summed E-state index contributed by atoms with van der Waals surface area (Å²) in [4.78, 5) is 10.4. The van der Waals surface area contributed by atoms with Crippen LogP contribution in [0.4, 0.5) is 10.1 Å². The number of anilines is 1. The van der Waals surface area contributed by atoms with Crippen molar-refractivity contribution in [3.8, 4) is 0 Å². The number of nitrogens with one attached hydrogen (secondary N) is 2. The van der Waals surface area contributed by atoms with E-state index in [1.165, 1.54) is 12.1 Å². The number of carbonyl (C=O) groups is 1. The van der Waals surface area contributed by atoms with Crippen LogP contribution in [0.2, 0.25) is 0 Å². The molecule has 1 aromatic carbocycles. The van der Waals surface area contributed by atoms with Crippen molar-refractivity contribution >= 4 is 27.9 Å². The van der Waals surface area contributed by atoms with Gasteiger partial charge in [0.25, 0.3) is 10.2 Å². The smallest absolute Gasteiger partial charge is 0.328 e. The molecule has 3 N–H and O–H groups in total. The molecule has 6 nitrogen and oxygen atoms in total. The van der Waals surface area contributed by atoms with Crippen LogP contribution in [0.1, 0.15) is 19.4 Å². The SMILES string of the molecule is CC(C)CNS(=O)(=O)Nc1ccc(/C=C/C(=O)O)c(F)c1. The van der Waals surface area contributed by atoms with Crippen molar-refractivity contribution < 1.29 is 22.7 Å². The minimum absolute atomic E-state index is 0.0514. The Bertz CT molecular complexity index is 642. The van der Waals surface area contributed by atoms with Crippen LogP contribution in [0.25, 0.3) is 6.08 Å². The van der Waals surface area contributed by atoms with E-state index in [9.17, 15) is 17.6 Å². The molecule has 21 heavy (non-hydrogen) atoms. The van der Waals surface area contributed by atoms with E-state index in [-0.39, 0.29) is 23.7 Å². The number of carboxylic acid groups (broad SMARTS) is 1. The summed E-state index contributed by atoms with van der Waals surface area (Å²) >= 11 is 0. The van der Waals surface area contributed by atoms with Crippen LogP contribution in [0.3, 0.4) is 0 Å². The van der Waals surface area contributed by atoms with Gasteiger partial charge in [-0.3, -0.25) is 4.72 Å². The minimum atomic E-state index is -3.76. The molecule has 0 aliphatic rings. The van der Waals surface area contributed by atoms with Gasteiger partial charge in [0.15, 0.2) is 0 Å². The molecule has 0 bridgehead atoms. The molecule has 116 valence electrons. The summed E-state index contributed by atoms with van der Waals surface area (Å²) < 4.78 is 41.6. The second-order valence-corrected chi connectivity index (χ2v) is 6.26. The van der Waals surface area contributed by atoms with Gasteiger partial charge in [-0.2, -0.15) is 13.1 Å². The molecule has 0 heterocycles. The third kappa shape index (κ3) is 6.37. The average molecular weight is 316 g/mol. The van der Waals surface area contributed by atoms with Crippen LogP contribution in [0.5, 0.6) is 0 Å². The summed E-state index contributed by atoms with van der Waals surface area (Å²) in [6.07, 6.45) is 1.89. The lowest BCUT2D eigenvalue weighted by molar-refractivity contribution is -0.131. The minimum Gasteiger partial charge on any atom is -0.478 e. The van der Waals surface area contributed by atoms with E-state index in [0.29, 0.717) is 0 Å². The maximum Gasteiger partial charge on any atom is 0.328 e. The summed E-state index contributed by atoms with van der Waals surface area (Å²) in [6, 6.07) is 3.62. The Hall–Kier alpha value is -1.93. The highest BCUT2D eigenvalue weighted by molar-refractivity contribution is 7.90. The molecule has 1 aromatic rings. The number of aliphatic carboxylic acids is 1. The fourth-order valence-electron chi connectivity index (χ4n) is 1.35. The van der Waals surface area contributed by atoms with Crippen molar-refractivity contribution in [3.63, 3.8) is 0 Å². The summed E-state index contributed by atoms with van der Waals surface area (Å²) in [6.45, 7) is 3.97. The normalized spacial score (nSPS) is 12.0. The van der Waals surface area contributed by atoms with Gasteiger partial charge in [-0.25, -0.2) is 9.18 Å². The second kappa shape index (κ2) is 7.19. The number of hydrogen-bond donors (Lipinski definition) is 3. The molecule has 0 atom stereocenters. The van der Waals surface area contributed by atoms with Crippen LogP contribution in [-0.2, 0) is 15.0 Å². The van der Waals surface area contributed by atoms with Gasteiger partial charge in [-0.15, -0.1) is 0 Å². The zero-order valence-corrected chi connectivity index (χ0v) is 12.4. The lowest BCUT2D eigenvalue weighted by atomic mass is 10.2. The Labute approximate surface area is 122 Å². The molecule has 0 aromatic heterocycles. The first kappa shape index (κ1) is 17.1. The molecule has 1 rings (SSSR count). The van der Waals surface area contributed by atoms with Crippen molar-refractivity contribution in [2.75, 3.05) is 11.3 Å². The number of rotatable bonds is 7. The second-order valence-electron chi connectivity index (χ2n) is 4.76. The maximum absolute atomic E-state index is 13.7. The Morgan fingerprint density at radius 2 is 2.10 bits per heavy atom. The van der Waals surface area contributed by atoms with E-state index in [4.69, 9.17) is 5.11 Å². The highest BCUT2D eigenvalue weighted by atomic mass is 32.2. The fourth-order valence-corrected chi connectivity index (χ4v) is 2.42. The van der Waals surface area contributed by atoms with Gasteiger partial charge in [-0.1, -0.05) is 13.8 Å². The summed E-state index contributed by atoms with van der Waals surface area (Å²) in [5.74, 6) is -1.78. The Kier molecular flexibility index (Phi) is 5.86. The van der Waals surface area contributed by atoms with Gasteiger partial charge in [0.05, 0.1) is 5.69 Å². The van der Waals surface area contributed by atoms with E-state index in [1.54, 1.807) is 0 Å². The standard InChI is InChI=1S/C13H17FN2O4S/c1-9(2)8-15-21(19,20)16-11-5-3-10(12(14)7-11)4-6-13(17)18/h3-7,9,15-16H,8H2,1-2H3,(H,17,18)/b6-4+. The van der Waals surface area contributed by atoms with Crippen molar-refractivity contribution in [1.82, 2.24) is 4.72 Å². The van der Waals surface area contributed by atoms with Crippen LogP contribution in [-0.4, -0.2) is 26.0 Å².